The number of hydrogen-bond donors (Lipinski definition) is 0. The van der Waals surface area contributed by atoms with Crippen molar-refractivity contribution in [2.75, 3.05) is 4.90 Å². The largest absolute Gasteiger partial charge is 0.455 e. The summed E-state index contributed by atoms with van der Waals surface area (Å²) in [6.45, 7) is 0. The number of nitrogens with zero attached hydrogens (tertiary/aromatic N) is 1. The molecule has 274 valence electrons. The van der Waals surface area contributed by atoms with Crippen molar-refractivity contribution in [2.45, 2.75) is 0 Å². The van der Waals surface area contributed by atoms with Crippen LogP contribution in [0.25, 0.3) is 98.1 Å². The molecule has 0 saturated carbocycles. The van der Waals surface area contributed by atoms with Gasteiger partial charge in [-0.3, -0.25) is 0 Å². The van der Waals surface area contributed by atoms with Crippen LogP contribution in [0.4, 0.5) is 17.1 Å². The van der Waals surface area contributed by atoms with Gasteiger partial charge >= 0.3 is 0 Å². The maximum atomic E-state index is 6.89. The van der Waals surface area contributed by atoms with E-state index < -0.39 is 0 Å². The molecule has 59 heavy (non-hydrogen) atoms. The van der Waals surface area contributed by atoms with Crippen LogP contribution in [0, 0.1) is 0 Å². The topological polar surface area (TPSA) is 25.6 Å². The SMILES string of the molecule is c1ccc(-c2ccc3c(ccc4c5cc(-c6ccc7c(c6)N(c6ccc8c9ccccc9c9ccccc9c8c6)c6ccc8ccccc8c6O7)ccc5oc34)c2)cc1. The number of ether oxygens (including phenoxy) is 1. The van der Waals surface area contributed by atoms with Crippen LogP contribution < -0.4 is 9.64 Å². The normalized spacial score (nSPS) is 12.5. The Morgan fingerprint density at radius 3 is 1.75 bits per heavy atom. The summed E-state index contributed by atoms with van der Waals surface area (Å²) in [5.74, 6) is 1.68. The van der Waals surface area contributed by atoms with Gasteiger partial charge in [-0.2, -0.15) is 0 Å². The average molecular weight is 752 g/mol. The second kappa shape index (κ2) is 12.3. The average Bonchev–Trinajstić information content (AvgIpc) is 3.69. The molecule has 0 atom stereocenters. The lowest BCUT2D eigenvalue weighted by atomic mass is 9.93. The molecule has 0 fully saturated rings. The minimum atomic E-state index is 0.817. The molecule has 13 rings (SSSR count). The lowest BCUT2D eigenvalue weighted by Gasteiger charge is -2.34. The van der Waals surface area contributed by atoms with Crippen molar-refractivity contribution < 1.29 is 9.15 Å². The highest BCUT2D eigenvalue weighted by Gasteiger charge is 2.29. The summed E-state index contributed by atoms with van der Waals surface area (Å²) in [5, 5.41) is 14.2. The van der Waals surface area contributed by atoms with Crippen molar-refractivity contribution in [2.24, 2.45) is 0 Å². The van der Waals surface area contributed by atoms with Gasteiger partial charge in [-0.1, -0.05) is 140 Å². The zero-order valence-electron chi connectivity index (χ0n) is 31.8. The summed E-state index contributed by atoms with van der Waals surface area (Å²) in [6.07, 6.45) is 0. The van der Waals surface area contributed by atoms with Crippen LogP contribution in [0.5, 0.6) is 11.5 Å². The summed E-state index contributed by atoms with van der Waals surface area (Å²) in [7, 11) is 0. The van der Waals surface area contributed by atoms with Crippen molar-refractivity contribution in [1.29, 1.82) is 0 Å². The standard InChI is InChI=1S/C56H33NO2/c1-2-10-34(11-3-1)36-18-24-42-39(30-36)19-25-48-50-31-37(21-28-53(50)58-55(42)48)38-22-29-54-52(32-38)57(51-27-20-35-12-4-5-13-41(35)56(51)59-54)40-23-26-47-45-16-7-6-14-43(45)44-15-8-9-17-46(44)49(47)33-40/h1-33H. The van der Waals surface area contributed by atoms with Gasteiger partial charge in [0.2, 0.25) is 0 Å². The Morgan fingerprint density at radius 1 is 0.322 bits per heavy atom. The first kappa shape index (κ1) is 32.2. The quantitative estimate of drug-likeness (QED) is 0.168. The summed E-state index contributed by atoms with van der Waals surface area (Å²) >= 11 is 0. The van der Waals surface area contributed by atoms with Crippen LogP contribution >= 0.6 is 0 Å². The molecule has 0 spiro atoms. The molecule has 0 bridgehead atoms. The first-order chi connectivity index (χ1) is 29.2. The smallest absolute Gasteiger partial charge is 0.159 e. The second-order valence-corrected chi connectivity index (χ2v) is 15.6. The molecule has 0 amide bonds. The van der Waals surface area contributed by atoms with E-state index in [1.165, 1.54) is 43.4 Å². The molecule has 0 unspecified atom stereocenters. The summed E-state index contributed by atoms with van der Waals surface area (Å²) < 4.78 is 13.5. The van der Waals surface area contributed by atoms with Crippen LogP contribution in [0.15, 0.2) is 205 Å². The summed E-state index contributed by atoms with van der Waals surface area (Å²) in [4.78, 5) is 2.38. The second-order valence-electron chi connectivity index (χ2n) is 15.6. The Bertz CT molecular complexity index is 3680. The monoisotopic (exact) mass is 751 g/mol. The fraction of sp³-hybridized carbons (Fsp3) is 0. The zero-order valence-corrected chi connectivity index (χ0v) is 31.8. The highest BCUT2D eigenvalue weighted by Crippen LogP contribution is 2.54. The first-order valence-corrected chi connectivity index (χ1v) is 20.2. The van der Waals surface area contributed by atoms with Crippen molar-refractivity contribution in [3.63, 3.8) is 0 Å². The number of rotatable bonds is 3. The molecular weight excluding hydrogens is 719 g/mol. The third kappa shape index (κ3) is 4.82. The lowest BCUT2D eigenvalue weighted by Crippen LogP contribution is -2.16. The lowest BCUT2D eigenvalue weighted by molar-refractivity contribution is 0.482. The fourth-order valence-electron chi connectivity index (χ4n) is 9.58. The van der Waals surface area contributed by atoms with Crippen molar-refractivity contribution in [3.8, 4) is 33.8 Å². The maximum Gasteiger partial charge on any atom is 0.159 e. The molecule has 0 saturated heterocycles. The van der Waals surface area contributed by atoms with Crippen molar-refractivity contribution in [3.05, 3.63) is 200 Å². The van der Waals surface area contributed by atoms with E-state index in [0.29, 0.717) is 0 Å². The third-order valence-electron chi connectivity index (χ3n) is 12.4. The van der Waals surface area contributed by atoms with E-state index in [1.54, 1.807) is 0 Å². The van der Waals surface area contributed by atoms with Gasteiger partial charge in [-0.25, -0.2) is 0 Å². The number of furan rings is 1. The van der Waals surface area contributed by atoms with Gasteiger partial charge in [-0.05, 0) is 126 Å². The number of benzene rings is 11. The van der Waals surface area contributed by atoms with E-state index in [-0.39, 0.29) is 0 Å². The molecule has 1 aliphatic heterocycles. The molecule has 11 aromatic carbocycles. The first-order valence-electron chi connectivity index (χ1n) is 20.2. The van der Waals surface area contributed by atoms with Crippen LogP contribution in [0.1, 0.15) is 0 Å². The Balaban J connectivity index is 0.985. The van der Waals surface area contributed by atoms with Gasteiger partial charge < -0.3 is 14.1 Å². The summed E-state index contributed by atoms with van der Waals surface area (Å²) in [5.41, 5.74) is 9.49. The predicted molar refractivity (Wildman–Crippen MR) is 247 cm³/mol. The van der Waals surface area contributed by atoms with Gasteiger partial charge in [0, 0.05) is 27.2 Å². The molecule has 3 nitrogen and oxygen atoms in total. The Morgan fingerprint density at radius 2 is 0.932 bits per heavy atom. The van der Waals surface area contributed by atoms with Gasteiger partial charge in [0.1, 0.15) is 11.2 Å². The highest BCUT2D eigenvalue weighted by atomic mass is 16.5. The molecule has 12 aromatic rings. The van der Waals surface area contributed by atoms with Crippen LogP contribution in [-0.4, -0.2) is 0 Å². The molecule has 3 heteroatoms. The fourth-order valence-corrected chi connectivity index (χ4v) is 9.58. The van der Waals surface area contributed by atoms with Gasteiger partial charge in [0.05, 0.1) is 11.4 Å². The minimum absolute atomic E-state index is 0.817. The molecule has 0 radical (unpaired) electrons. The number of anilines is 3. The van der Waals surface area contributed by atoms with Crippen LogP contribution in [0.3, 0.4) is 0 Å². The Labute approximate surface area is 339 Å². The predicted octanol–water partition coefficient (Wildman–Crippen LogP) is 16.3. The van der Waals surface area contributed by atoms with E-state index in [9.17, 15) is 0 Å². The van der Waals surface area contributed by atoms with Gasteiger partial charge in [-0.15, -0.1) is 0 Å². The van der Waals surface area contributed by atoms with Crippen molar-refractivity contribution >= 4 is 92.9 Å². The Kier molecular flexibility index (Phi) is 6.72. The van der Waals surface area contributed by atoms with E-state index in [1.807, 2.05) is 0 Å². The zero-order chi connectivity index (χ0) is 38.6. The van der Waals surface area contributed by atoms with Gasteiger partial charge in [0.25, 0.3) is 0 Å². The number of fused-ring (bicyclic) bond motifs is 15. The third-order valence-corrected chi connectivity index (χ3v) is 12.4. The number of hydrogen-bond acceptors (Lipinski definition) is 3. The maximum absolute atomic E-state index is 6.89. The van der Waals surface area contributed by atoms with Crippen LogP contribution in [0.2, 0.25) is 0 Å². The molecule has 1 aromatic heterocycles. The molecule has 1 aliphatic rings. The molecule has 0 N–H and O–H groups in total. The van der Waals surface area contributed by atoms with E-state index in [2.05, 4.69) is 205 Å². The molecule has 0 aliphatic carbocycles. The van der Waals surface area contributed by atoms with Gasteiger partial charge in [0.15, 0.2) is 11.5 Å². The van der Waals surface area contributed by atoms with Crippen molar-refractivity contribution in [1.82, 2.24) is 0 Å². The minimum Gasteiger partial charge on any atom is -0.455 e. The Hall–Kier alpha value is -7.88. The van der Waals surface area contributed by atoms with E-state index >= 15 is 0 Å². The molecule has 2 heterocycles. The summed E-state index contributed by atoms with van der Waals surface area (Å²) in [6, 6.07) is 72.1. The van der Waals surface area contributed by atoms with E-state index in [4.69, 9.17) is 9.15 Å². The molecular formula is C56H33NO2. The highest BCUT2D eigenvalue weighted by molar-refractivity contribution is 6.26. The van der Waals surface area contributed by atoms with Crippen LogP contribution in [-0.2, 0) is 0 Å². The van der Waals surface area contributed by atoms with E-state index in [0.717, 1.165) is 83.2 Å².